The highest BCUT2D eigenvalue weighted by molar-refractivity contribution is 6.08. The maximum atomic E-state index is 13.4. The molecule has 7 N–H and O–H groups in total. The van der Waals surface area contributed by atoms with Crippen LogP contribution in [0.5, 0.6) is 0 Å². The molecule has 0 aliphatic carbocycles. The summed E-state index contributed by atoms with van der Waals surface area (Å²) in [4.78, 5) is 73.2. The molecular formula is C34H42F3N9O6. The van der Waals surface area contributed by atoms with Crippen LogP contribution in [0, 0.1) is 5.92 Å². The summed E-state index contributed by atoms with van der Waals surface area (Å²) in [6.07, 6.45) is -0.586. The second-order valence-electron chi connectivity index (χ2n) is 12.3. The van der Waals surface area contributed by atoms with Crippen molar-refractivity contribution >= 4 is 58.8 Å². The number of benzene rings is 1. The van der Waals surface area contributed by atoms with E-state index in [0.29, 0.717) is 79.3 Å². The third-order valence-corrected chi connectivity index (χ3v) is 8.36. The van der Waals surface area contributed by atoms with Gasteiger partial charge in [-0.1, -0.05) is 13.0 Å². The molecule has 0 bridgehead atoms. The quantitative estimate of drug-likeness (QED) is 0.158. The van der Waals surface area contributed by atoms with Gasteiger partial charge in [0.1, 0.15) is 11.7 Å². The Morgan fingerprint density at radius 3 is 2.38 bits per heavy atom. The zero-order valence-corrected chi connectivity index (χ0v) is 28.6. The van der Waals surface area contributed by atoms with E-state index in [9.17, 15) is 37.1 Å². The number of alkyl halides is 3. The van der Waals surface area contributed by atoms with Crippen molar-refractivity contribution in [2.45, 2.75) is 45.2 Å². The number of pyridine rings is 1. The number of nitrogens with zero attached hydrogens (tertiary/aromatic N) is 4. The van der Waals surface area contributed by atoms with Crippen LogP contribution in [0.25, 0.3) is 6.08 Å². The second-order valence-corrected chi connectivity index (χ2v) is 12.3. The van der Waals surface area contributed by atoms with E-state index in [1.165, 1.54) is 6.20 Å². The van der Waals surface area contributed by atoms with Crippen molar-refractivity contribution in [3.63, 3.8) is 0 Å². The number of hydrogen-bond donors (Lipinski definition) is 6. The number of carbonyl (C=O) groups excluding carboxylic acids is 4. The number of aromatic nitrogens is 1. The van der Waals surface area contributed by atoms with Crippen molar-refractivity contribution < 1.29 is 42.3 Å². The van der Waals surface area contributed by atoms with Gasteiger partial charge in [0.25, 0.3) is 5.91 Å². The largest absolute Gasteiger partial charge is 0.471 e. The zero-order chi connectivity index (χ0) is 37.8. The van der Waals surface area contributed by atoms with E-state index in [2.05, 4.69) is 25.9 Å². The SMILES string of the molecule is CCCN(CCCNC(=O)O)C(=O)C1=Cc2ccc(C(=O)Nc3ccc(N4CCC(C(=O)NCCNC(=O)C(F)(F)F)CC4)nc3)cc2N=C(N)C1. The van der Waals surface area contributed by atoms with Crippen molar-refractivity contribution in [3.05, 3.63) is 53.2 Å². The Labute approximate surface area is 297 Å². The minimum absolute atomic E-state index is 0.112. The molecule has 1 saturated heterocycles. The first-order chi connectivity index (χ1) is 24.7. The summed E-state index contributed by atoms with van der Waals surface area (Å²) in [5.74, 6) is -2.45. The third-order valence-electron chi connectivity index (χ3n) is 8.36. The summed E-state index contributed by atoms with van der Waals surface area (Å²) in [7, 11) is 0. The molecule has 1 aromatic carbocycles. The lowest BCUT2D eigenvalue weighted by Gasteiger charge is -2.32. The van der Waals surface area contributed by atoms with Crippen LogP contribution in [0.4, 0.5) is 35.2 Å². The molecule has 2 aromatic rings. The van der Waals surface area contributed by atoms with Crippen LogP contribution < -0.4 is 31.9 Å². The number of carboxylic acid groups (broad SMARTS) is 1. The number of hydrogen-bond acceptors (Lipinski definition) is 9. The fraction of sp³-hybridized carbons (Fsp3) is 0.441. The molecule has 1 aromatic heterocycles. The van der Waals surface area contributed by atoms with E-state index in [4.69, 9.17) is 10.8 Å². The van der Waals surface area contributed by atoms with E-state index in [0.717, 1.165) is 6.42 Å². The standard InChI is InChI=1S/C34H42F3N9O6/c1-2-13-46(14-3-10-41-33(51)52)31(49)24-17-22-4-5-23(18-26(22)44-27(38)19-24)30(48)43-25-6-7-28(42-20-25)45-15-8-21(9-16-45)29(47)39-11-12-40-32(50)34(35,36)37/h4-7,17-18,20-21,41H,2-3,8-16,19H2,1H3,(H2,38,44)(H,39,47)(H,40,50)(H,43,48)(H,51,52). The highest BCUT2D eigenvalue weighted by Gasteiger charge is 2.38. The molecule has 0 spiro atoms. The second kappa shape index (κ2) is 18.0. The monoisotopic (exact) mass is 729 g/mol. The van der Waals surface area contributed by atoms with E-state index in [1.54, 1.807) is 46.6 Å². The minimum Gasteiger partial charge on any atom is -0.465 e. The number of carbonyl (C=O) groups is 5. The van der Waals surface area contributed by atoms with Gasteiger partial charge < -0.3 is 41.9 Å². The molecule has 4 rings (SSSR count). The third kappa shape index (κ3) is 11.2. The van der Waals surface area contributed by atoms with Gasteiger partial charge in [-0.05, 0) is 56.0 Å². The van der Waals surface area contributed by atoms with E-state index < -0.39 is 24.1 Å². The highest BCUT2D eigenvalue weighted by atomic mass is 19.4. The Bertz CT molecular complexity index is 1690. The van der Waals surface area contributed by atoms with Gasteiger partial charge in [-0.15, -0.1) is 0 Å². The first-order valence-corrected chi connectivity index (χ1v) is 16.8. The number of fused-ring (bicyclic) bond motifs is 1. The summed E-state index contributed by atoms with van der Waals surface area (Å²) >= 11 is 0. The van der Waals surface area contributed by atoms with Crippen molar-refractivity contribution in [2.24, 2.45) is 16.6 Å². The lowest BCUT2D eigenvalue weighted by Crippen LogP contribution is -2.44. The molecule has 0 atom stereocenters. The smallest absolute Gasteiger partial charge is 0.465 e. The zero-order valence-electron chi connectivity index (χ0n) is 28.6. The van der Waals surface area contributed by atoms with Gasteiger partial charge in [-0.25, -0.2) is 14.8 Å². The van der Waals surface area contributed by atoms with Gasteiger partial charge in [-0.2, -0.15) is 13.2 Å². The molecule has 2 aliphatic heterocycles. The molecule has 1 fully saturated rings. The molecule has 2 aliphatic rings. The van der Waals surface area contributed by atoms with Gasteiger partial charge in [-0.3, -0.25) is 19.2 Å². The fourth-order valence-corrected chi connectivity index (χ4v) is 5.75. The predicted octanol–water partition coefficient (Wildman–Crippen LogP) is 3.02. The molecular weight excluding hydrogens is 687 g/mol. The molecule has 5 amide bonds. The van der Waals surface area contributed by atoms with Crippen LogP contribution in [-0.2, 0) is 14.4 Å². The Kier molecular flexibility index (Phi) is 13.5. The highest BCUT2D eigenvalue weighted by Crippen LogP contribution is 2.29. The number of aliphatic imine (C=N–C) groups is 1. The Morgan fingerprint density at radius 1 is 1.00 bits per heavy atom. The summed E-state index contributed by atoms with van der Waals surface area (Å²) in [6.45, 7) is 3.61. The number of halogens is 3. The normalized spacial score (nSPS) is 14.6. The van der Waals surface area contributed by atoms with Crippen LogP contribution in [0.15, 0.2) is 47.1 Å². The van der Waals surface area contributed by atoms with Crippen LogP contribution >= 0.6 is 0 Å². The summed E-state index contributed by atoms with van der Waals surface area (Å²) in [5.41, 5.74) is 8.42. The van der Waals surface area contributed by atoms with E-state index in [1.807, 2.05) is 11.8 Å². The van der Waals surface area contributed by atoms with Crippen LogP contribution in [-0.4, -0.2) is 103 Å². The van der Waals surface area contributed by atoms with Gasteiger partial charge in [0.15, 0.2) is 0 Å². The van der Waals surface area contributed by atoms with E-state index in [-0.39, 0.29) is 49.6 Å². The minimum atomic E-state index is -4.97. The number of amides is 5. The lowest BCUT2D eigenvalue weighted by molar-refractivity contribution is -0.173. The average molecular weight is 730 g/mol. The molecule has 0 saturated carbocycles. The predicted molar refractivity (Wildman–Crippen MR) is 187 cm³/mol. The topological polar surface area (TPSA) is 211 Å². The van der Waals surface area contributed by atoms with Gasteiger partial charge in [0.2, 0.25) is 11.8 Å². The van der Waals surface area contributed by atoms with E-state index >= 15 is 0 Å². The summed E-state index contributed by atoms with van der Waals surface area (Å²) < 4.78 is 36.8. The van der Waals surface area contributed by atoms with Crippen LogP contribution in [0.1, 0.15) is 54.9 Å². The maximum absolute atomic E-state index is 13.4. The van der Waals surface area contributed by atoms with Gasteiger partial charge in [0.05, 0.1) is 17.6 Å². The average Bonchev–Trinajstić information content (AvgIpc) is 3.28. The lowest BCUT2D eigenvalue weighted by atomic mass is 9.96. The van der Waals surface area contributed by atoms with Crippen molar-refractivity contribution in [3.8, 4) is 0 Å². The number of nitrogens with two attached hydrogens (primary N) is 1. The van der Waals surface area contributed by atoms with Crippen molar-refractivity contribution in [1.29, 1.82) is 0 Å². The number of amidine groups is 1. The molecule has 52 heavy (non-hydrogen) atoms. The summed E-state index contributed by atoms with van der Waals surface area (Å²) in [5, 5.41) is 18.2. The molecule has 280 valence electrons. The molecule has 0 radical (unpaired) electrons. The van der Waals surface area contributed by atoms with Crippen molar-refractivity contribution in [2.75, 3.05) is 56.0 Å². The Hall–Kier alpha value is -5.68. The van der Waals surface area contributed by atoms with Crippen molar-refractivity contribution in [1.82, 2.24) is 25.8 Å². The molecule has 3 heterocycles. The molecule has 18 heteroatoms. The number of anilines is 2. The number of piperidine rings is 1. The maximum Gasteiger partial charge on any atom is 0.471 e. The summed E-state index contributed by atoms with van der Waals surface area (Å²) in [6, 6.07) is 8.34. The first-order valence-electron chi connectivity index (χ1n) is 16.8. The number of nitrogens with one attached hydrogen (secondary N) is 4. The van der Waals surface area contributed by atoms with Crippen LogP contribution in [0.2, 0.25) is 0 Å². The fourth-order valence-electron chi connectivity index (χ4n) is 5.75. The van der Waals surface area contributed by atoms with Gasteiger partial charge in [0, 0.05) is 74.9 Å². The molecule has 0 unspecified atom stereocenters. The molecule has 15 nitrogen and oxygen atoms in total. The number of rotatable bonds is 14. The van der Waals surface area contributed by atoms with Gasteiger partial charge >= 0.3 is 18.2 Å². The van der Waals surface area contributed by atoms with Crippen LogP contribution in [0.3, 0.4) is 0 Å². The Balaban J connectivity index is 1.30. The Morgan fingerprint density at radius 2 is 1.73 bits per heavy atom. The first kappa shape index (κ1) is 39.1.